The molecule has 116 valence electrons. The second-order valence-corrected chi connectivity index (χ2v) is 5.59. The predicted molar refractivity (Wildman–Crippen MR) is 85.3 cm³/mol. The van der Waals surface area contributed by atoms with Gasteiger partial charge in [0.2, 0.25) is 5.91 Å². The van der Waals surface area contributed by atoms with Crippen molar-refractivity contribution >= 4 is 17.3 Å². The van der Waals surface area contributed by atoms with E-state index in [1.165, 1.54) is 0 Å². The number of amides is 1. The summed E-state index contributed by atoms with van der Waals surface area (Å²) in [7, 11) is 0. The third kappa shape index (κ3) is 4.72. The molecule has 5 nitrogen and oxygen atoms in total. The molecule has 2 rings (SSSR count). The van der Waals surface area contributed by atoms with Gasteiger partial charge in [-0.2, -0.15) is 0 Å². The van der Waals surface area contributed by atoms with Crippen molar-refractivity contribution in [1.29, 1.82) is 0 Å². The molecule has 5 heteroatoms. The van der Waals surface area contributed by atoms with E-state index in [0.29, 0.717) is 17.9 Å². The highest BCUT2D eigenvalue weighted by atomic mass is 16.5. The van der Waals surface area contributed by atoms with Gasteiger partial charge in [-0.3, -0.25) is 9.69 Å². The topological polar surface area (TPSA) is 67.6 Å². The van der Waals surface area contributed by atoms with Crippen molar-refractivity contribution in [3.8, 4) is 0 Å². The van der Waals surface area contributed by atoms with Gasteiger partial charge in [0.1, 0.15) is 0 Å². The molecule has 1 aromatic carbocycles. The van der Waals surface area contributed by atoms with Gasteiger partial charge in [0, 0.05) is 13.2 Å². The van der Waals surface area contributed by atoms with Crippen molar-refractivity contribution in [2.45, 2.75) is 32.8 Å². The standard InChI is InChI=1S/C16H25N3O2/c1-3-21-13-5-4-8-19(10-13)11-16(20)18-15-7-6-12(2)9-14(15)17/h6-7,9,13H,3-5,8,10-11,17H2,1-2H3,(H,18,20). The van der Waals surface area contributed by atoms with Crippen LogP contribution in [0.25, 0.3) is 0 Å². The van der Waals surface area contributed by atoms with Gasteiger partial charge < -0.3 is 15.8 Å². The number of likely N-dealkylation sites (tertiary alicyclic amines) is 1. The van der Waals surface area contributed by atoms with Crippen molar-refractivity contribution in [3.63, 3.8) is 0 Å². The molecule has 1 fully saturated rings. The van der Waals surface area contributed by atoms with E-state index in [1.54, 1.807) is 0 Å². The maximum absolute atomic E-state index is 12.1. The van der Waals surface area contributed by atoms with Crippen molar-refractivity contribution in [1.82, 2.24) is 4.90 Å². The fourth-order valence-electron chi connectivity index (χ4n) is 2.72. The minimum absolute atomic E-state index is 0.0253. The Morgan fingerprint density at radius 2 is 2.33 bits per heavy atom. The number of carbonyl (C=O) groups is 1. The molecule has 1 atom stereocenters. The van der Waals surface area contributed by atoms with Gasteiger partial charge in [-0.25, -0.2) is 0 Å². The second-order valence-electron chi connectivity index (χ2n) is 5.59. The molecule has 0 spiro atoms. The summed E-state index contributed by atoms with van der Waals surface area (Å²) >= 11 is 0. The molecule has 1 saturated heterocycles. The van der Waals surface area contributed by atoms with E-state index in [2.05, 4.69) is 10.2 Å². The molecule has 1 heterocycles. The van der Waals surface area contributed by atoms with Crippen molar-refractivity contribution in [3.05, 3.63) is 23.8 Å². The Kier molecular flexibility index (Phi) is 5.59. The van der Waals surface area contributed by atoms with Crippen LogP contribution >= 0.6 is 0 Å². The highest BCUT2D eigenvalue weighted by molar-refractivity contribution is 5.95. The first kappa shape index (κ1) is 15.8. The predicted octanol–water partition coefficient (Wildman–Crippen LogP) is 2.02. The van der Waals surface area contributed by atoms with Gasteiger partial charge >= 0.3 is 0 Å². The molecule has 1 aliphatic heterocycles. The van der Waals surface area contributed by atoms with E-state index >= 15 is 0 Å². The van der Waals surface area contributed by atoms with Gasteiger partial charge in [-0.15, -0.1) is 0 Å². The largest absolute Gasteiger partial charge is 0.397 e. The molecule has 0 bridgehead atoms. The fraction of sp³-hybridized carbons (Fsp3) is 0.562. The third-order valence-electron chi connectivity index (χ3n) is 3.71. The molecule has 1 unspecified atom stereocenters. The van der Waals surface area contributed by atoms with Crippen LogP contribution in [0.1, 0.15) is 25.3 Å². The van der Waals surface area contributed by atoms with Crippen LogP contribution in [-0.4, -0.2) is 43.2 Å². The number of nitrogens with two attached hydrogens (primary N) is 1. The Bertz CT molecular complexity index is 488. The number of nitrogen functional groups attached to an aromatic ring is 1. The van der Waals surface area contributed by atoms with Crippen molar-refractivity contribution < 1.29 is 9.53 Å². The summed E-state index contributed by atoms with van der Waals surface area (Å²) in [6.45, 7) is 6.86. The fourth-order valence-corrected chi connectivity index (χ4v) is 2.72. The number of rotatable bonds is 5. The number of benzene rings is 1. The first-order chi connectivity index (χ1) is 10.1. The van der Waals surface area contributed by atoms with E-state index in [9.17, 15) is 4.79 Å². The van der Waals surface area contributed by atoms with Gasteiger partial charge in [0.15, 0.2) is 0 Å². The normalized spacial score (nSPS) is 19.4. The Morgan fingerprint density at radius 3 is 3.05 bits per heavy atom. The average molecular weight is 291 g/mol. The smallest absolute Gasteiger partial charge is 0.238 e. The zero-order valence-corrected chi connectivity index (χ0v) is 12.9. The molecule has 0 radical (unpaired) electrons. The summed E-state index contributed by atoms with van der Waals surface area (Å²) in [5.41, 5.74) is 8.29. The number of piperidine rings is 1. The van der Waals surface area contributed by atoms with Crippen LogP contribution in [0.4, 0.5) is 11.4 Å². The Morgan fingerprint density at radius 1 is 1.52 bits per heavy atom. The van der Waals surface area contributed by atoms with Crippen LogP contribution in [0, 0.1) is 6.92 Å². The first-order valence-corrected chi connectivity index (χ1v) is 7.58. The number of carbonyl (C=O) groups excluding carboxylic acids is 1. The molecule has 0 aliphatic carbocycles. The Hall–Kier alpha value is -1.59. The highest BCUT2D eigenvalue weighted by Crippen LogP contribution is 2.19. The lowest BCUT2D eigenvalue weighted by Crippen LogP contribution is -2.43. The van der Waals surface area contributed by atoms with E-state index in [4.69, 9.17) is 10.5 Å². The number of hydrogen-bond donors (Lipinski definition) is 2. The minimum Gasteiger partial charge on any atom is -0.397 e. The van der Waals surface area contributed by atoms with Crippen LogP contribution < -0.4 is 11.1 Å². The molecule has 1 amide bonds. The molecule has 0 saturated carbocycles. The number of aryl methyl sites for hydroxylation is 1. The summed E-state index contributed by atoms with van der Waals surface area (Å²) < 4.78 is 5.65. The number of anilines is 2. The zero-order chi connectivity index (χ0) is 15.2. The molecule has 21 heavy (non-hydrogen) atoms. The van der Waals surface area contributed by atoms with E-state index in [0.717, 1.165) is 38.1 Å². The van der Waals surface area contributed by atoms with Crippen LogP contribution in [0.5, 0.6) is 0 Å². The van der Waals surface area contributed by atoms with E-state index < -0.39 is 0 Å². The molecular weight excluding hydrogens is 266 g/mol. The lowest BCUT2D eigenvalue weighted by atomic mass is 10.1. The lowest BCUT2D eigenvalue weighted by molar-refractivity contribution is -0.118. The Labute approximate surface area is 126 Å². The molecule has 1 aliphatic rings. The zero-order valence-electron chi connectivity index (χ0n) is 12.9. The summed E-state index contributed by atoms with van der Waals surface area (Å²) in [5, 5.41) is 2.89. The van der Waals surface area contributed by atoms with Gasteiger partial charge in [0.25, 0.3) is 0 Å². The molecular formula is C16H25N3O2. The monoisotopic (exact) mass is 291 g/mol. The third-order valence-corrected chi connectivity index (χ3v) is 3.71. The number of ether oxygens (including phenoxy) is 1. The van der Waals surface area contributed by atoms with Crippen LogP contribution in [-0.2, 0) is 9.53 Å². The SMILES string of the molecule is CCOC1CCCN(CC(=O)Nc2ccc(C)cc2N)C1. The van der Waals surface area contributed by atoms with E-state index in [-0.39, 0.29) is 12.0 Å². The number of nitrogens with one attached hydrogen (secondary N) is 1. The van der Waals surface area contributed by atoms with Crippen molar-refractivity contribution in [2.24, 2.45) is 0 Å². The van der Waals surface area contributed by atoms with Crippen LogP contribution in [0.15, 0.2) is 18.2 Å². The molecule has 0 aromatic heterocycles. The van der Waals surface area contributed by atoms with Gasteiger partial charge in [0.05, 0.1) is 24.0 Å². The summed E-state index contributed by atoms with van der Waals surface area (Å²) in [5.74, 6) is -0.0253. The van der Waals surface area contributed by atoms with Gasteiger partial charge in [-0.1, -0.05) is 6.07 Å². The van der Waals surface area contributed by atoms with Crippen molar-refractivity contribution in [2.75, 3.05) is 37.3 Å². The first-order valence-electron chi connectivity index (χ1n) is 7.58. The maximum atomic E-state index is 12.1. The van der Waals surface area contributed by atoms with E-state index in [1.807, 2.05) is 32.0 Å². The summed E-state index contributed by atoms with van der Waals surface area (Å²) in [4.78, 5) is 14.3. The second kappa shape index (κ2) is 7.43. The average Bonchev–Trinajstić information content (AvgIpc) is 2.43. The van der Waals surface area contributed by atoms with Crippen LogP contribution in [0.3, 0.4) is 0 Å². The maximum Gasteiger partial charge on any atom is 0.238 e. The van der Waals surface area contributed by atoms with Crippen LogP contribution in [0.2, 0.25) is 0 Å². The van der Waals surface area contributed by atoms with Gasteiger partial charge in [-0.05, 0) is 50.9 Å². The number of nitrogens with zero attached hydrogens (tertiary/aromatic N) is 1. The Balaban J connectivity index is 1.86. The quantitative estimate of drug-likeness (QED) is 0.814. The molecule has 1 aromatic rings. The minimum atomic E-state index is -0.0253. The number of hydrogen-bond acceptors (Lipinski definition) is 4. The summed E-state index contributed by atoms with van der Waals surface area (Å²) in [6, 6.07) is 5.65. The summed E-state index contributed by atoms with van der Waals surface area (Å²) in [6.07, 6.45) is 2.41. The molecule has 3 N–H and O–H groups in total. The lowest BCUT2D eigenvalue weighted by Gasteiger charge is -2.31. The highest BCUT2D eigenvalue weighted by Gasteiger charge is 2.21.